The van der Waals surface area contributed by atoms with Crippen LogP contribution < -0.4 is 15.3 Å². The fraction of sp³-hybridized carbons (Fsp3) is 0.417. The van der Waals surface area contributed by atoms with Crippen molar-refractivity contribution >= 4 is 26.3 Å². The SMILES string of the molecule is C=Nn1c(/C(N)=N\C)ccc1[C@]1(C#N)O[C@H](COP(=O)(N[C@@H](C)C(=O)OCC)Oc2ccccc2)[C@@H](O)[C@H]1O. The summed E-state index contributed by atoms with van der Waals surface area (Å²) in [6.45, 7) is 6.00. The van der Waals surface area contributed by atoms with Gasteiger partial charge in [-0.05, 0) is 38.1 Å². The number of aromatic nitrogens is 1. The Bertz CT molecular complexity index is 1300. The number of rotatable bonds is 12. The molecule has 1 aromatic carbocycles. The third kappa shape index (κ3) is 6.20. The summed E-state index contributed by atoms with van der Waals surface area (Å²) in [4.78, 5) is 16.0. The fourth-order valence-corrected chi connectivity index (χ4v) is 5.43. The number of nitrogens with zero attached hydrogens (tertiary/aromatic N) is 4. The molecule has 1 fully saturated rings. The van der Waals surface area contributed by atoms with Crippen molar-refractivity contribution in [1.82, 2.24) is 9.76 Å². The van der Waals surface area contributed by atoms with Crippen LogP contribution in [0.4, 0.5) is 0 Å². The van der Waals surface area contributed by atoms with Crippen LogP contribution in [0.25, 0.3) is 0 Å². The average molecular weight is 563 g/mol. The molecule has 0 bridgehead atoms. The first-order chi connectivity index (χ1) is 18.6. The molecule has 15 heteroatoms. The van der Waals surface area contributed by atoms with Crippen LogP contribution in [0.2, 0.25) is 0 Å². The maximum Gasteiger partial charge on any atom is 0.459 e. The molecule has 1 unspecified atom stereocenters. The van der Waals surface area contributed by atoms with Gasteiger partial charge in [0.2, 0.25) is 5.60 Å². The molecule has 1 aliphatic heterocycles. The van der Waals surface area contributed by atoms with E-state index in [1.807, 2.05) is 6.07 Å². The minimum atomic E-state index is -4.30. The topological polar surface area (TPSA) is 203 Å². The number of esters is 1. The van der Waals surface area contributed by atoms with Crippen LogP contribution in [0.15, 0.2) is 52.6 Å². The predicted octanol–water partition coefficient (Wildman–Crippen LogP) is 0.871. The highest BCUT2D eigenvalue weighted by molar-refractivity contribution is 7.52. The zero-order valence-corrected chi connectivity index (χ0v) is 22.5. The maximum atomic E-state index is 13.7. The Hall–Kier alpha value is -3.57. The molecule has 3 rings (SSSR count). The number of aliphatic imine (C=N–C) groups is 1. The van der Waals surface area contributed by atoms with Crippen LogP contribution in [0.1, 0.15) is 25.2 Å². The molecule has 39 heavy (non-hydrogen) atoms. The standard InChI is InChI=1S/C24H31N6O8P/c1-5-35-23(33)15(2)29-39(34,38-16-9-7-6-8-10-16)36-13-18-20(31)21(32)24(14-25,37-18)19-12-11-17(22(26)27-3)30(19)28-4/h6-12,15,18,20-21,31-32H,4-5,13H2,1-3H3,(H2,26,27)(H,29,34)/t15-,18+,20+,21+,24-,39?/m0/s1. The second-order valence-corrected chi connectivity index (χ2v) is 10.1. The molecular weight excluding hydrogens is 531 g/mol. The largest absolute Gasteiger partial charge is 0.465 e. The van der Waals surface area contributed by atoms with E-state index < -0.39 is 50.3 Å². The minimum absolute atomic E-state index is 0.0217. The number of carbonyl (C=O) groups excluding carboxylic acids is 1. The van der Waals surface area contributed by atoms with Crippen molar-refractivity contribution in [1.29, 1.82) is 5.26 Å². The quantitative estimate of drug-likeness (QED) is 0.124. The molecular formula is C24H31N6O8P. The lowest BCUT2D eigenvalue weighted by Crippen LogP contribution is -2.41. The second kappa shape index (κ2) is 12.5. The van der Waals surface area contributed by atoms with Gasteiger partial charge in [0.1, 0.15) is 47.7 Å². The van der Waals surface area contributed by atoms with Gasteiger partial charge in [-0.15, -0.1) is 0 Å². The van der Waals surface area contributed by atoms with Crippen LogP contribution in [-0.4, -0.2) is 78.0 Å². The maximum absolute atomic E-state index is 13.7. The molecule has 2 aromatic rings. The highest BCUT2D eigenvalue weighted by atomic mass is 31.2. The third-order valence-electron chi connectivity index (χ3n) is 5.87. The van der Waals surface area contributed by atoms with Crippen molar-refractivity contribution in [2.45, 2.75) is 43.8 Å². The molecule has 5 N–H and O–H groups in total. The molecule has 0 radical (unpaired) electrons. The summed E-state index contributed by atoms with van der Waals surface area (Å²) in [5, 5.41) is 38.2. The summed E-state index contributed by atoms with van der Waals surface area (Å²) >= 11 is 0. The van der Waals surface area contributed by atoms with Crippen molar-refractivity contribution < 1.29 is 38.1 Å². The zero-order chi connectivity index (χ0) is 28.8. The predicted molar refractivity (Wildman–Crippen MR) is 140 cm³/mol. The minimum Gasteiger partial charge on any atom is -0.465 e. The number of hydrogen-bond acceptors (Lipinski definition) is 11. The fourth-order valence-electron chi connectivity index (χ4n) is 3.93. The molecule has 0 amide bonds. The number of nitriles is 1. The Balaban J connectivity index is 1.88. The second-order valence-electron chi connectivity index (χ2n) is 8.41. The van der Waals surface area contributed by atoms with Gasteiger partial charge in [-0.2, -0.15) is 15.5 Å². The number of benzene rings is 1. The van der Waals surface area contributed by atoms with Gasteiger partial charge in [0.25, 0.3) is 0 Å². The molecule has 6 atom stereocenters. The highest BCUT2D eigenvalue weighted by Crippen LogP contribution is 2.47. The van der Waals surface area contributed by atoms with Gasteiger partial charge in [0.15, 0.2) is 0 Å². The van der Waals surface area contributed by atoms with Gasteiger partial charge in [0, 0.05) is 13.8 Å². The van der Waals surface area contributed by atoms with Gasteiger partial charge < -0.3 is 29.9 Å². The number of amidine groups is 1. The van der Waals surface area contributed by atoms with E-state index in [0.717, 1.165) is 4.68 Å². The van der Waals surface area contributed by atoms with Crippen LogP contribution in [0.3, 0.4) is 0 Å². The molecule has 1 saturated heterocycles. The van der Waals surface area contributed by atoms with E-state index in [1.54, 1.807) is 25.1 Å². The Morgan fingerprint density at radius 3 is 2.64 bits per heavy atom. The number of nitrogens with one attached hydrogen (secondary N) is 1. The normalized spacial score (nSPS) is 25.3. The van der Waals surface area contributed by atoms with E-state index >= 15 is 0 Å². The molecule has 0 spiro atoms. The van der Waals surface area contributed by atoms with Crippen molar-refractivity contribution in [2.24, 2.45) is 15.8 Å². The lowest BCUT2D eigenvalue weighted by atomic mass is 9.92. The Kier molecular flexibility index (Phi) is 9.63. The first kappa shape index (κ1) is 30.0. The number of aliphatic hydroxyl groups is 2. The number of carbonyl (C=O) groups is 1. The number of aliphatic hydroxyl groups excluding tert-OH is 2. The Labute approximate surface area is 225 Å². The Morgan fingerprint density at radius 2 is 2.05 bits per heavy atom. The van der Waals surface area contributed by atoms with Crippen LogP contribution >= 0.6 is 7.75 Å². The van der Waals surface area contributed by atoms with Gasteiger partial charge in [-0.25, -0.2) is 9.24 Å². The van der Waals surface area contributed by atoms with E-state index in [4.69, 9.17) is 24.3 Å². The summed E-state index contributed by atoms with van der Waals surface area (Å²) in [5.41, 5.74) is 4.07. The van der Waals surface area contributed by atoms with Crippen molar-refractivity contribution in [3.63, 3.8) is 0 Å². The van der Waals surface area contributed by atoms with E-state index in [1.165, 1.54) is 38.2 Å². The summed E-state index contributed by atoms with van der Waals surface area (Å²) in [6.07, 6.45) is -4.80. The molecule has 1 aromatic heterocycles. The molecule has 0 saturated carbocycles. The van der Waals surface area contributed by atoms with Gasteiger partial charge in [-0.3, -0.25) is 14.3 Å². The first-order valence-corrected chi connectivity index (χ1v) is 13.4. The third-order valence-corrected chi connectivity index (χ3v) is 7.52. The number of hydrogen-bond donors (Lipinski definition) is 4. The van der Waals surface area contributed by atoms with Crippen molar-refractivity contribution in [2.75, 3.05) is 20.3 Å². The molecule has 14 nitrogen and oxygen atoms in total. The number of ether oxygens (including phenoxy) is 2. The Morgan fingerprint density at radius 1 is 1.36 bits per heavy atom. The first-order valence-electron chi connectivity index (χ1n) is 11.9. The van der Waals surface area contributed by atoms with Crippen LogP contribution in [0.5, 0.6) is 5.75 Å². The summed E-state index contributed by atoms with van der Waals surface area (Å²) < 4.78 is 36.7. The van der Waals surface area contributed by atoms with Gasteiger partial charge in [0.05, 0.1) is 18.9 Å². The number of para-hydroxylation sites is 1. The molecule has 210 valence electrons. The van der Waals surface area contributed by atoms with Crippen LogP contribution in [-0.2, 0) is 29.0 Å². The van der Waals surface area contributed by atoms with Crippen molar-refractivity contribution in [3.8, 4) is 11.8 Å². The lowest BCUT2D eigenvalue weighted by molar-refractivity contribution is -0.144. The summed E-state index contributed by atoms with van der Waals surface area (Å²) in [6, 6.07) is 11.8. The monoisotopic (exact) mass is 562 g/mol. The van der Waals surface area contributed by atoms with Gasteiger partial charge in [-0.1, -0.05) is 18.2 Å². The van der Waals surface area contributed by atoms with Gasteiger partial charge >= 0.3 is 13.7 Å². The van der Waals surface area contributed by atoms with Crippen LogP contribution in [0, 0.1) is 11.3 Å². The van der Waals surface area contributed by atoms with E-state index in [-0.39, 0.29) is 29.6 Å². The van der Waals surface area contributed by atoms with Crippen molar-refractivity contribution in [3.05, 3.63) is 53.9 Å². The summed E-state index contributed by atoms with van der Waals surface area (Å²) in [7, 11) is -2.84. The summed E-state index contributed by atoms with van der Waals surface area (Å²) in [5.74, 6) is -0.450. The van der Waals surface area contributed by atoms with E-state index in [2.05, 4.69) is 21.9 Å². The molecule has 1 aliphatic rings. The number of nitrogens with two attached hydrogens (primary N) is 1. The zero-order valence-electron chi connectivity index (χ0n) is 21.6. The smallest absolute Gasteiger partial charge is 0.459 e. The molecule has 0 aliphatic carbocycles. The molecule has 2 heterocycles. The van der Waals surface area contributed by atoms with E-state index in [0.29, 0.717) is 0 Å². The van der Waals surface area contributed by atoms with E-state index in [9.17, 15) is 24.8 Å². The lowest BCUT2D eigenvalue weighted by Gasteiger charge is -2.26. The average Bonchev–Trinajstić information content (AvgIpc) is 3.47. The highest BCUT2D eigenvalue weighted by Gasteiger charge is 2.58.